The number of rotatable bonds is 48. The van der Waals surface area contributed by atoms with Gasteiger partial charge in [0, 0.05) is 12.8 Å². The van der Waals surface area contributed by atoms with Crippen molar-refractivity contribution in [2.75, 3.05) is 26.4 Å². The fraction of sp³-hybridized carbons (Fsp3) is 0.736. The summed E-state index contributed by atoms with van der Waals surface area (Å²) in [5.41, 5.74) is 0. The van der Waals surface area contributed by atoms with Crippen molar-refractivity contribution in [3.63, 3.8) is 0 Å². The molecule has 14 nitrogen and oxygen atoms in total. The molecule has 69 heavy (non-hydrogen) atoms. The Morgan fingerprint density at radius 1 is 0.507 bits per heavy atom. The van der Waals surface area contributed by atoms with Gasteiger partial charge in [0.05, 0.1) is 25.9 Å². The Morgan fingerprint density at radius 2 is 0.957 bits per heavy atom. The van der Waals surface area contributed by atoms with Crippen LogP contribution < -0.4 is 0 Å². The van der Waals surface area contributed by atoms with Gasteiger partial charge in [0.1, 0.15) is 12.7 Å². The highest BCUT2D eigenvalue weighted by Gasteiger charge is 2.28. The molecule has 5 atom stereocenters. The average molecular weight is 1020 g/mol. The summed E-state index contributed by atoms with van der Waals surface area (Å²) in [5.74, 6) is -0.433. The first kappa shape index (κ1) is 66.5. The van der Waals surface area contributed by atoms with Crippen molar-refractivity contribution in [2.45, 2.75) is 219 Å². The van der Waals surface area contributed by atoms with E-state index in [0.717, 1.165) is 57.3 Å². The first-order chi connectivity index (χ1) is 33.2. The summed E-state index contributed by atoms with van der Waals surface area (Å²) < 4.78 is 47.8. The van der Waals surface area contributed by atoms with Crippen molar-refractivity contribution in [2.24, 2.45) is 5.92 Å². The van der Waals surface area contributed by atoms with Crippen molar-refractivity contribution in [3.8, 4) is 0 Å². The third-order valence-electron chi connectivity index (χ3n) is 11.3. The number of carbonyl (C=O) groups excluding carboxylic acids is 2. The molecule has 0 amide bonds. The minimum Gasteiger partial charge on any atom is -0.462 e. The minimum absolute atomic E-state index is 0.0166. The van der Waals surface area contributed by atoms with Gasteiger partial charge in [-0.05, 0) is 50.9 Å². The van der Waals surface area contributed by atoms with Crippen LogP contribution in [0.3, 0.4) is 0 Å². The first-order valence-electron chi connectivity index (χ1n) is 26.1. The zero-order valence-electron chi connectivity index (χ0n) is 42.7. The van der Waals surface area contributed by atoms with E-state index in [1.54, 1.807) is 12.2 Å². The molecule has 0 saturated heterocycles. The van der Waals surface area contributed by atoms with Crippen LogP contribution in [0.5, 0.6) is 0 Å². The van der Waals surface area contributed by atoms with Gasteiger partial charge in [-0.2, -0.15) is 0 Å². The molecule has 0 saturated carbocycles. The highest BCUT2D eigenvalue weighted by molar-refractivity contribution is 7.47. The van der Waals surface area contributed by atoms with Crippen LogP contribution in [0.1, 0.15) is 201 Å². The first-order valence-corrected chi connectivity index (χ1v) is 29.2. The Morgan fingerprint density at radius 3 is 1.45 bits per heavy atom. The second-order valence-electron chi connectivity index (χ2n) is 17.9. The largest absolute Gasteiger partial charge is 0.472 e. The van der Waals surface area contributed by atoms with E-state index in [9.17, 15) is 33.8 Å². The second kappa shape index (κ2) is 46.6. The van der Waals surface area contributed by atoms with E-state index in [-0.39, 0.29) is 19.3 Å². The number of unbranched alkanes of at least 4 members (excludes halogenated alkanes) is 17. The summed E-state index contributed by atoms with van der Waals surface area (Å²) in [6.45, 7) is 3.79. The molecule has 0 aliphatic carbocycles. The SMILES string of the molecule is CC/C=C\C/C=C\C/C=C\C/C=C\C/C=C\C=C/C(O)CCC(=O)O[C@H](COC(=O)CCCCCCCCCCCCCCCCCCCCC(C)CC)COP(=O)(O)OC[C@@H](O)COP(=O)(O)O. The molecule has 16 heteroatoms. The van der Waals surface area contributed by atoms with Crippen molar-refractivity contribution >= 4 is 27.6 Å². The third kappa shape index (κ3) is 50.3. The molecule has 400 valence electrons. The molecule has 0 aromatic carbocycles. The number of hydrogen-bond acceptors (Lipinski definition) is 11. The number of ether oxygens (including phenoxy) is 2. The monoisotopic (exact) mass is 1020 g/mol. The van der Waals surface area contributed by atoms with Gasteiger partial charge in [-0.3, -0.25) is 23.2 Å². The minimum atomic E-state index is -4.90. The molecule has 0 aromatic heterocycles. The number of hydrogen-bond donors (Lipinski definition) is 5. The maximum Gasteiger partial charge on any atom is 0.472 e. The van der Waals surface area contributed by atoms with Crippen LogP contribution in [-0.2, 0) is 41.8 Å². The Kier molecular flexibility index (Phi) is 44.9. The van der Waals surface area contributed by atoms with E-state index in [1.165, 1.54) is 109 Å². The molecule has 0 spiro atoms. The smallest absolute Gasteiger partial charge is 0.462 e. The predicted octanol–water partition coefficient (Wildman–Crippen LogP) is 13.3. The lowest BCUT2D eigenvalue weighted by Gasteiger charge is -2.20. The fourth-order valence-electron chi connectivity index (χ4n) is 6.91. The fourth-order valence-corrected chi connectivity index (χ4v) is 8.06. The van der Waals surface area contributed by atoms with Gasteiger partial charge in [0.25, 0.3) is 0 Å². The Labute approximate surface area is 417 Å². The Bertz CT molecular complexity index is 1520. The van der Waals surface area contributed by atoms with E-state index in [2.05, 4.69) is 72.4 Å². The highest BCUT2D eigenvalue weighted by atomic mass is 31.2. The predicted molar refractivity (Wildman–Crippen MR) is 277 cm³/mol. The van der Waals surface area contributed by atoms with E-state index >= 15 is 0 Å². The summed E-state index contributed by atoms with van der Waals surface area (Å²) in [7, 11) is -9.78. The van der Waals surface area contributed by atoms with Crippen molar-refractivity contribution < 1.29 is 66.7 Å². The standard InChI is InChI=1S/C53H94O14P2/c1-4-6-7-8-9-10-11-12-13-19-22-25-28-31-34-37-40-49(54)42-43-53(57)67-51(47-66-69(61,62)65-45-50(55)44-64-68(58,59)60)46-63-52(56)41-38-35-32-29-26-23-20-17-15-14-16-18-21-24-27-30-33-36-39-48(3)5-2/h6-7,9-10,12-13,22,25,31,34,37,40,48-51,54-55H,4-5,8,11,14-21,23-24,26-30,32-33,35-36,38-39,41-47H2,1-3H3,(H,61,62)(H2,58,59,60)/b7-6-,10-9-,13-12-,25-22-,34-31-,40-37-/t48?,49?,50-,51+/m0/s1. The summed E-state index contributed by atoms with van der Waals surface area (Å²) in [4.78, 5) is 53.0. The van der Waals surface area contributed by atoms with Crippen LogP contribution >= 0.6 is 15.6 Å². The normalized spacial score (nSPS) is 15.3. The summed E-state index contributed by atoms with van der Waals surface area (Å²) in [5, 5.41) is 20.2. The molecule has 0 aromatic rings. The van der Waals surface area contributed by atoms with E-state index in [0.29, 0.717) is 6.42 Å². The quantitative estimate of drug-likeness (QED) is 0.0126. The average Bonchev–Trinajstić information content (AvgIpc) is 3.31. The zero-order valence-corrected chi connectivity index (χ0v) is 44.5. The number of allylic oxidation sites excluding steroid dienone is 11. The van der Waals surface area contributed by atoms with Gasteiger partial charge in [0.2, 0.25) is 0 Å². The summed E-state index contributed by atoms with van der Waals surface area (Å²) in [6.07, 6.45) is 49.3. The summed E-state index contributed by atoms with van der Waals surface area (Å²) >= 11 is 0. The molecular formula is C53H94O14P2. The highest BCUT2D eigenvalue weighted by Crippen LogP contribution is 2.44. The van der Waals surface area contributed by atoms with Crippen LogP contribution in [-0.4, -0.2) is 81.6 Å². The molecule has 0 aliphatic heterocycles. The molecule has 3 unspecified atom stereocenters. The lowest BCUT2D eigenvalue weighted by atomic mass is 9.99. The number of aliphatic hydroxyl groups is 2. The van der Waals surface area contributed by atoms with Gasteiger partial charge >= 0.3 is 27.6 Å². The number of carbonyl (C=O) groups is 2. The second-order valence-corrected chi connectivity index (χ2v) is 20.6. The van der Waals surface area contributed by atoms with Gasteiger partial charge in [0.15, 0.2) is 6.10 Å². The topological polar surface area (TPSA) is 216 Å². The van der Waals surface area contributed by atoms with E-state index in [1.807, 2.05) is 12.2 Å². The molecule has 0 radical (unpaired) electrons. The lowest BCUT2D eigenvalue weighted by Crippen LogP contribution is -2.30. The number of phosphoric ester groups is 2. The lowest BCUT2D eigenvalue weighted by molar-refractivity contribution is -0.161. The van der Waals surface area contributed by atoms with Gasteiger partial charge in [-0.25, -0.2) is 9.13 Å². The van der Waals surface area contributed by atoms with Crippen molar-refractivity contribution in [1.29, 1.82) is 0 Å². The third-order valence-corrected chi connectivity index (χ3v) is 12.7. The molecular weight excluding hydrogens is 923 g/mol. The van der Waals surface area contributed by atoms with E-state index in [4.69, 9.17) is 23.8 Å². The molecule has 0 fully saturated rings. The van der Waals surface area contributed by atoms with Gasteiger partial charge in [-0.15, -0.1) is 0 Å². The maximum absolute atomic E-state index is 12.7. The van der Waals surface area contributed by atoms with Crippen molar-refractivity contribution in [1.82, 2.24) is 0 Å². The Hall–Kier alpha value is -2.48. The van der Waals surface area contributed by atoms with Gasteiger partial charge in [-0.1, -0.05) is 216 Å². The van der Waals surface area contributed by atoms with Crippen LogP contribution in [0.4, 0.5) is 0 Å². The van der Waals surface area contributed by atoms with Crippen LogP contribution in [0.25, 0.3) is 0 Å². The van der Waals surface area contributed by atoms with Crippen LogP contribution in [0, 0.1) is 5.92 Å². The number of phosphoric acid groups is 2. The molecule has 5 N–H and O–H groups in total. The van der Waals surface area contributed by atoms with Crippen molar-refractivity contribution in [3.05, 3.63) is 72.9 Å². The number of aliphatic hydroxyl groups excluding tert-OH is 2. The maximum atomic E-state index is 12.7. The molecule has 0 heterocycles. The van der Waals surface area contributed by atoms with Crippen LogP contribution in [0.2, 0.25) is 0 Å². The Balaban J connectivity index is 4.57. The molecule has 0 aliphatic rings. The van der Waals surface area contributed by atoms with Crippen LogP contribution in [0.15, 0.2) is 72.9 Å². The molecule has 0 rings (SSSR count). The van der Waals surface area contributed by atoms with Gasteiger partial charge < -0.3 is 34.4 Å². The summed E-state index contributed by atoms with van der Waals surface area (Å²) in [6, 6.07) is 0. The molecule has 0 bridgehead atoms. The zero-order chi connectivity index (χ0) is 51.1. The number of esters is 2. The van der Waals surface area contributed by atoms with E-state index < -0.39 is 72.3 Å².